The molecule has 0 atom stereocenters. The summed E-state index contributed by atoms with van der Waals surface area (Å²) in [5, 5.41) is 3.47. The Labute approximate surface area is 108 Å². The first kappa shape index (κ1) is 12.7. The fourth-order valence-electron chi connectivity index (χ4n) is 1.60. The van der Waals surface area contributed by atoms with E-state index >= 15 is 0 Å². The normalized spacial score (nSPS) is 17.9. The third-order valence-electron chi connectivity index (χ3n) is 2.67. The molecule has 0 aliphatic heterocycles. The van der Waals surface area contributed by atoms with E-state index in [4.69, 9.17) is 0 Å². The number of methoxy groups -OCH3 is 1. The quantitative estimate of drug-likeness (QED) is 0.600. The molecule has 0 amide bonds. The van der Waals surface area contributed by atoms with Crippen LogP contribution in [0.5, 0.6) is 0 Å². The summed E-state index contributed by atoms with van der Waals surface area (Å²) in [6.45, 7) is 0. The molecule has 2 rings (SSSR count). The molecule has 1 aromatic rings. The fraction of sp³-hybridized carbons (Fsp3) is 0.556. The zero-order chi connectivity index (χ0) is 12.8. The van der Waals surface area contributed by atoms with E-state index in [0.29, 0.717) is 12.8 Å². The average molecular weight is 360 g/mol. The lowest BCUT2D eigenvalue weighted by Gasteiger charge is -2.12. The first-order valence-corrected chi connectivity index (χ1v) is 5.80. The van der Waals surface area contributed by atoms with Crippen molar-refractivity contribution in [3.05, 3.63) is 15.5 Å². The van der Waals surface area contributed by atoms with Crippen molar-refractivity contribution in [2.45, 2.75) is 24.6 Å². The lowest BCUT2D eigenvalue weighted by Crippen LogP contribution is -2.29. The van der Waals surface area contributed by atoms with Gasteiger partial charge in [-0.05, 0) is 35.4 Å². The Hall–Kier alpha value is -0.800. The van der Waals surface area contributed by atoms with Crippen molar-refractivity contribution >= 4 is 28.6 Å². The van der Waals surface area contributed by atoms with Gasteiger partial charge < -0.3 is 4.74 Å². The average Bonchev–Trinajstić information content (AvgIpc) is 2.94. The molecule has 0 N–H and O–H groups in total. The van der Waals surface area contributed by atoms with Crippen molar-refractivity contribution in [1.29, 1.82) is 0 Å². The van der Waals surface area contributed by atoms with E-state index in [1.165, 1.54) is 13.3 Å². The molecule has 17 heavy (non-hydrogen) atoms. The lowest BCUT2D eigenvalue weighted by atomic mass is 10.3. The van der Waals surface area contributed by atoms with Crippen LogP contribution < -0.4 is 0 Å². The van der Waals surface area contributed by atoms with Crippen molar-refractivity contribution in [1.82, 2.24) is 9.78 Å². The molecular weight excluding hydrogens is 352 g/mol. The minimum Gasteiger partial charge on any atom is -0.467 e. The second-order valence-corrected chi connectivity index (χ2v) is 4.95. The van der Waals surface area contributed by atoms with Gasteiger partial charge in [-0.25, -0.2) is 4.79 Å². The molecule has 1 aromatic heterocycles. The zero-order valence-electron chi connectivity index (χ0n) is 8.71. The standard InChI is InChI=1S/C9H8F3IN2O2/c1-17-7(16)8(2-3-8)15-4-5(13)6(14-15)9(10,11)12/h4H,2-3H2,1H3. The van der Waals surface area contributed by atoms with Crippen LogP contribution in [-0.2, 0) is 21.2 Å². The van der Waals surface area contributed by atoms with E-state index in [1.807, 2.05) is 0 Å². The number of nitrogens with zero attached hydrogens (tertiary/aromatic N) is 2. The highest BCUT2D eigenvalue weighted by atomic mass is 127. The van der Waals surface area contributed by atoms with Crippen LogP contribution in [0.1, 0.15) is 18.5 Å². The summed E-state index contributed by atoms with van der Waals surface area (Å²) in [6.07, 6.45) is -2.37. The third kappa shape index (κ3) is 2.02. The third-order valence-corrected chi connectivity index (χ3v) is 3.46. The highest BCUT2D eigenvalue weighted by Gasteiger charge is 2.55. The number of alkyl halides is 3. The Morgan fingerprint density at radius 1 is 1.59 bits per heavy atom. The van der Waals surface area contributed by atoms with Crippen molar-refractivity contribution < 1.29 is 22.7 Å². The van der Waals surface area contributed by atoms with E-state index in [-0.39, 0.29) is 3.57 Å². The maximum atomic E-state index is 12.6. The highest BCUT2D eigenvalue weighted by Crippen LogP contribution is 2.45. The molecule has 0 aromatic carbocycles. The molecular formula is C9H8F3IN2O2. The summed E-state index contributed by atoms with van der Waals surface area (Å²) in [4.78, 5) is 11.5. The maximum Gasteiger partial charge on any atom is 0.436 e. The van der Waals surface area contributed by atoms with Crippen molar-refractivity contribution in [2.24, 2.45) is 0 Å². The minimum atomic E-state index is -4.51. The van der Waals surface area contributed by atoms with Crippen LogP contribution in [0.15, 0.2) is 6.20 Å². The largest absolute Gasteiger partial charge is 0.467 e. The molecule has 4 nitrogen and oxygen atoms in total. The predicted octanol–water partition coefficient (Wildman–Crippen LogP) is 2.17. The summed E-state index contributed by atoms with van der Waals surface area (Å²) >= 11 is 1.55. The van der Waals surface area contributed by atoms with Crippen LogP contribution in [0.2, 0.25) is 0 Å². The molecule has 8 heteroatoms. The number of hydrogen-bond donors (Lipinski definition) is 0. The second kappa shape index (κ2) is 3.85. The van der Waals surface area contributed by atoms with Gasteiger partial charge in [0.25, 0.3) is 0 Å². The number of ether oxygens (including phenoxy) is 1. The van der Waals surface area contributed by atoms with E-state index in [1.54, 1.807) is 22.6 Å². The molecule has 0 radical (unpaired) electrons. The van der Waals surface area contributed by atoms with Gasteiger partial charge in [0.05, 0.1) is 10.7 Å². The molecule has 0 spiro atoms. The molecule has 94 valence electrons. The molecule has 0 unspecified atom stereocenters. The molecule has 1 aliphatic carbocycles. The topological polar surface area (TPSA) is 44.1 Å². The van der Waals surface area contributed by atoms with Crippen LogP contribution in [-0.4, -0.2) is 22.9 Å². The first-order valence-electron chi connectivity index (χ1n) is 4.72. The summed E-state index contributed by atoms with van der Waals surface area (Å²) < 4.78 is 43.3. The molecule has 1 heterocycles. The Morgan fingerprint density at radius 3 is 2.53 bits per heavy atom. The molecule has 1 saturated carbocycles. The lowest BCUT2D eigenvalue weighted by molar-refractivity contribution is -0.148. The molecule has 1 aliphatic rings. The number of carbonyl (C=O) groups is 1. The fourth-order valence-corrected chi connectivity index (χ4v) is 2.28. The Balaban J connectivity index is 2.40. The van der Waals surface area contributed by atoms with Gasteiger partial charge in [-0.3, -0.25) is 4.68 Å². The van der Waals surface area contributed by atoms with Gasteiger partial charge in [-0.2, -0.15) is 18.3 Å². The summed E-state index contributed by atoms with van der Waals surface area (Å²) in [5.41, 5.74) is -1.99. The van der Waals surface area contributed by atoms with Gasteiger partial charge in [0.2, 0.25) is 0 Å². The number of halogens is 4. The van der Waals surface area contributed by atoms with Gasteiger partial charge in [0, 0.05) is 6.20 Å². The molecule has 0 bridgehead atoms. The Kier molecular flexibility index (Phi) is 2.87. The smallest absolute Gasteiger partial charge is 0.436 e. The van der Waals surface area contributed by atoms with E-state index in [2.05, 4.69) is 9.84 Å². The van der Waals surface area contributed by atoms with Crippen molar-refractivity contribution in [3.63, 3.8) is 0 Å². The highest BCUT2D eigenvalue weighted by molar-refractivity contribution is 14.1. The van der Waals surface area contributed by atoms with Crippen LogP contribution in [0.25, 0.3) is 0 Å². The maximum absolute atomic E-state index is 12.6. The summed E-state index contributed by atoms with van der Waals surface area (Å²) in [7, 11) is 1.21. The number of rotatable bonds is 2. The van der Waals surface area contributed by atoms with Gasteiger partial charge in [0.15, 0.2) is 11.2 Å². The van der Waals surface area contributed by atoms with Crippen LogP contribution in [0, 0.1) is 3.57 Å². The van der Waals surface area contributed by atoms with Crippen LogP contribution in [0.3, 0.4) is 0 Å². The zero-order valence-corrected chi connectivity index (χ0v) is 10.9. The molecule has 1 fully saturated rings. The number of carbonyl (C=O) groups excluding carboxylic acids is 1. The van der Waals surface area contributed by atoms with Gasteiger partial charge in [0.1, 0.15) is 0 Å². The van der Waals surface area contributed by atoms with Crippen LogP contribution in [0.4, 0.5) is 13.2 Å². The molecule has 0 saturated heterocycles. The van der Waals surface area contributed by atoms with E-state index in [9.17, 15) is 18.0 Å². The first-order chi connectivity index (χ1) is 7.81. The summed E-state index contributed by atoms with van der Waals surface area (Å²) in [6, 6.07) is 0. The SMILES string of the molecule is COC(=O)C1(n2cc(I)c(C(F)(F)F)n2)CC1. The van der Waals surface area contributed by atoms with E-state index in [0.717, 1.165) is 4.68 Å². The van der Waals surface area contributed by atoms with Crippen molar-refractivity contribution in [2.75, 3.05) is 7.11 Å². The van der Waals surface area contributed by atoms with Crippen molar-refractivity contribution in [3.8, 4) is 0 Å². The predicted molar refractivity (Wildman–Crippen MR) is 59.2 cm³/mol. The summed E-state index contributed by atoms with van der Waals surface area (Å²) in [5.74, 6) is -0.551. The van der Waals surface area contributed by atoms with Gasteiger partial charge in [-0.15, -0.1) is 0 Å². The Morgan fingerprint density at radius 2 is 2.18 bits per heavy atom. The monoisotopic (exact) mass is 360 g/mol. The van der Waals surface area contributed by atoms with Gasteiger partial charge in [-0.1, -0.05) is 0 Å². The second-order valence-electron chi connectivity index (χ2n) is 3.79. The van der Waals surface area contributed by atoms with Gasteiger partial charge >= 0.3 is 12.1 Å². The Bertz CT molecular complexity index is 465. The van der Waals surface area contributed by atoms with Crippen LogP contribution >= 0.6 is 22.6 Å². The number of aromatic nitrogens is 2. The number of hydrogen-bond acceptors (Lipinski definition) is 3. The van der Waals surface area contributed by atoms with E-state index < -0.39 is 23.4 Å². The number of esters is 1. The minimum absolute atomic E-state index is 0.0229.